The Kier molecular flexibility index (Phi) is 5.70. The number of nitrogens with two attached hydrogens (primary N) is 1. The smallest absolute Gasteiger partial charge is 0.321 e. The average Bonchev–Trinajstić information content (AvgIpc) is 3.62. The van der Waals surface area contributed by atoms with Crippen molar-refractivity contribution in [3.63, 3.8) is 0 Å². The van der Waals surface area contributed by atoms with E-state index in [0.717, 1.165) is 44.4 Å². The van der Waals surface area contributed by atoms with Gasteiger partial charge in [-0.1, -0.05) is 0 Å². The molecule has 3 heterocycles. The lowest BCUT2D eigenvalue weighted by atomic mass is 9.50. The summed E-state index contributed by atoms with van der Waals surface area (Å²) in [7, 11) is 0. The zero-order chi connectivity index (χ0) is 24.7. The molecule has 5 fully saturated rings. The van der Waals surface area contributed by atoms with Gasteiger partial charge >= 0.3 is 6.01 Å². The quantitative estimate of drug-likeness (QED) is 0.520. The number of rotatable bonds is 9. The lowest BCUT2D eigenvalue weighted by molar-refractivity contribution is -0.0441. The van der Waals surface area contributed by atoms with Gasteiger partial charge in [0.1, 0.15) is 6.33 Å². The maximum atomic E-state index is 13.0. The molecule has 4 aliphatic carbocycles. The first kappa shape index (κ1) is 22.7. The van der Waals surface area contributed by atoms with Gasteiger partial charge in [0.25, 0.3) is 5.91 Å². The number of nitriles is 1. The number of nitrogen functional groups attached to an aromatic ring is 1. The molecule has 36 heavy (non-hydrogen) atoms. The molecule has 2 aromatic heterocycles. The van der Waals surface area contributed by atoms with E-state index in [1.165, 1.54) is 6.33 Å². The van der Waals surface area contributed by atoms with E-state index in [-0.39, 0.29) is 35.1 Å². The van der Waals surface area contributed by atoms with Crippen LogP contribution in [0, 0.1) is 35.0 Å². The molecule has 1 aliphatic heterocycles. The number of hydrogen-bond acceptors (Lipinski definition) is 11. The number of hydrogen-bond donors (Lipinski definition) is 2. The van der Waals surface area contributed by atoms with E-state index in [0.29, 0.717) is 49.7 Å². The van der Waals surface area contributed by atoms with Crippen LogP contribution in [0.1, 0.15) is 49.1 Å². The molecule has 5 aliphatic rings. The highest BCUT2D eigenvalue weighted by Gasteiger charge is 2.57. The van der Waals surface area contributed by atoms with Crippen molar-refractivity contribution < 1.29 is 14.3 Å². The first-order valence-electron chi connectivity index (χ1n) is 12.5. The van der Waals surface area contributed by atoms with Gasteiger partial charge in [0.05, 0.1) is 31.4 Å². The number of carbonyl (C=O) groups excluding carboxylic acids is 1. The zero-order valence-electron chi connectivity index (χ0n) is 20.0. The summed E-state index contributed by atoms with van der Waals surface area (Å²) in [6.45, 7) is 2.31. The third-order valence-electron chi connectivity index (χ3n) is 7.82. The molecule has 0 spiro atoms. The van der Waals surface area contributed by atoms with Gasteiger partial charge in [-0.25, -0.2) is 9.97 Å². The molecule has 2 atom stereocenters. The fraction of sp³-hybridized carbons (Fsp3) is 0.625. The van der Waals surface area contributed by atoms with E-state index in [1.807, 2.05) is 0 Å². The van der Waals surface area contributed by atoms with Crippen molar-refractivity contribution in [2.75, 3.05) is 36.9 Å². The predicted molar refractivity (Wildman–Crippen MR) is 127 cm³/mol. The Labute approximate surface area is 208 Å². The summed E-state index contributed by atoms with van der Waals surface area (Å²) >= 11 is 0. The van der Waals surface area contributed by atoms with Crippen molar-refractivity contribution in [2.24, 2.45) is 23.7 Å². The number of piperidine rings is 1. The van der Waals surface area contributed by atoms with Gasteiger partial charge in [0.2, 0.25) is 11.8 Å². The van der Waals surface area contributed by atoms with Crippen LogP contribution in [-0.4, -0.2) is 62.7 Å². The van der Waals surface area contributed by atoms with E-state index < -0.39 is 0 Å². The molecular weight excluding hydrogens is 462 g/mol. The first-order valence-corrected chi connectivity index (χ1v) is 12.5. The van der Waals surface area contributed by atoms with Crippen molar-refractivity contribution in [1.82, 2.24) is 30.2 Å². The Morgan fingerprint density at radius 1 is 1.19 bits per heavy atom. The number of nitrogens with zero attached hydrogens (tertiary/aromatic N) is 7. The molecule has 0 radical (unpaired) electrons. The minimum Gasteiger partial charge on any atom is -0.488 e. The molecule has 188 valence electrons. The topological polar surface area (TPSA) is 165 Å². The van der Waals surface area contributed by atoms with Crippen LogP contribution in [0.3, 0.4) is 0 Å². The van der Waals surface area contributed by atoms with Crippen LogP contribution in [-0.2, 0) is 0 Å². The third-order valence-corrected chi connectivity index (χ3v) is 7.82. The summed E-state index contributed by atoms with van der Waals surface area (Å²) in [5.74, 6) is 2.36. The zero-order valence-corrected chi connectivity index (χ0v) is 20.0. The predicted octanol–water partition coefficient (Wildman–Crippen LogP) is 1.36. The van der Waals surface area contributed by atoms with Gasteiger partial charge in [-0.15, -0.1) is 0 Å². The fourth-order valence-corrected chi connectivity index (χ4v) is 5.30. The van der Waals surface area contributed by atoms with E-state index in [4.69, 9.17) is 20.5 Å². The molecule has 4 saturated carbocycles. The fourth-order valence-electron chi connectivity index (χ4n) is 5.30. The van der Waals surface area contributed by atoms with Crippen molar-refractivity contribution in [1.29, 1.82) is 5.26 Å². The Balaban J connectivity index is 1.11. The Bertz CT molecular complexity index is 1180. The van der Waals surface area contributed by atoms with E-state index in [1.54, 1.807) is 6.20 Å². The lowest BCUT2D eigenvalue weighted by Crippen LogP contribution is -2.68. The van der Waals surface area contributed by atoms with Crippen LogP contribution in [0.5, 0.6) is 11.8 Å². The molecule has 2 aromatic rings. The summed E-state index contributed by atoms with van der Waals surface area (Å²) in [4.78, 5) is 36.3. The average molecular weight is 492 g/mol. The highest BCUT2D eigenvalue weighted by molar-refractivity contribution is 5.91. The van der Waals surface area contributed by atoms with Crippen LogP contribution in [0.15, 0.2) is 12.5 Å². The Morgan fingerprint density at radius 2 is 2.00 bits per heavy atom. The maximum absolute atomic E-state index is 13.0. The number of anilines is 2. The number of aromatic nitrogens is 5. The van der Waals surface area contributed by atoms with Crippen LogP contribution in [0.4, 0.5) is 11.8 Å². The molecule has 12 nitrogen and oxygen atoms in total. The molecule has 7 rings (SSSR count). The molecule has 12 heteroatoms. The summed E-state index contributed by atoms with van der Waals surface area (Å²) in [6.07, 6.45) is 8.63. The number of ether oxygens (including phenoxy) is 2. The standard InChI is InChI=1S/C24H29N9O3/c25-9-16-5-17(16)12-36-23-30-20(21(34)32-24-6-15(7-24)8-24)29-22(31-23)33-3-1-14(2-4-33)11-35-18-10-27-13-28-19(18)26/h10,13-17H,1-8,11-12H2,(H,32,34)(H2,26,27,28)/t15?,16-,17+,24?/m0/s1. The van der Waals surface area contributed by atoms with Gasteiger partial charge in [-0.3, -0.25) is 4.79 Å². The minimum absolute atomic E-state index is 0.0254. The van der Waals surface area contributed by atoms with E-state index in [2.05, 4.69) is 41.2 Å². The van der Waals surface area contributed by atoms with Crippen molar-refractivity contribution in [3.8, 4) is 17.8 Å². The highest BCUT2D eigenvalue weighted by atomic mass is 16.5. The number of nitrogens with one attached hydrogen (secondary N) is 1. The van der Waals surface area contributed by atoms with Gasteiger partial charge < -0.3 is 25.4 Å². The van der Waals surface area contributed by atoms with Gasteiger partial charge in [0, 0.05) is 24.5 Å². The Morgan fingerprint density at radius 3 is 2.67 bits per heavy atom. The molecule has 1 amide bonds. The summed E-state index contributed by atoms with van der Waals surface area (Å²) < 4.78 is 11.6. The monoisotopic (exact) mass is 491 g/mol. The number of amides is 1. The number of carbonyl (C=O) groups is 1. The third kappa shape index (κ3) is 4.57. The maximum Gasteiger partial charge on any atom is 0.321 e. The van der Waals surface area contributed by atoms with Gasteiger partial charge in [0.15, 0.2) is 11.6 Å². The van der Waals surface area contributed by atoms with Crippen molar-refractivity contribution >= 4 is 17.7 Å². The highest BCUT2D eigenvalue weighted by Crippen LogP contribution is 2.57. The van der Waals surface area contributed by atoms with Crippen LogP contribution >= 0.6 is 0 Å². The molecule has 0 aromatic carbocycles. The van der Waals surface area contributed by atoms with Crippen molar-refractivity contribution in [3.05, 3.63) is 18.3 Å². The molecule has 2 bridgehead atoms. The molecule has 0 unspecified atom stereocenters. The second-order valence-electron chi connectivity index (χ2n) is 10.5. The molecular formula is C24H29N9O3. The SMILES string of the molecule is N#C[C@@H]1C[C@@H]1COc1nc(C(=O)NC23CC(C2)C3)nc(N2CCC(COc3cncnc3N)CC2)n1. The van der Waals surface area contributed by atoms with E-state index in [9.17, 15) is 4.79 Å². The van der Waals surface area contributed by atoms with Gasteiger partial charge in [-0.05, 0) is 50.4 Å². The summed E-state index contributed by atoms with van der Waals surface area (Å²) in [6, 6.07) is 2.39. The van der Waals surface area contributed by atoms with Crippen LogP contribution < -0.4 is 25.4 Å². The first-order chi connectivity index (χ1) is 17.5. The lowest BCUT2D eigenvalue weighted by Gasteiger charge is -2.61. The van der Waals surface area contributed by atoms with E-state index >= 15 is 0 Å². The molecule has 1 saturated heterocycles. The van der Waals surface area contributed by atoms with Crippen LogP contribution in [0.2, 0.25) is 0 Å². The summed E-state index contributed by atoms with van der Waals surface area (Å²) in [5, 5.41) is 12.2. The minimum atomic E-state index is -0.283. The second kappa shape index (κ2) is 9.04. The normalized spacial score (nSPS) is 28.3. The van der Waals surface area contributed by atoms with Crippen molar-refractivity contribution in [2.45, 2.75) is 44.1 Å². The second-order valence-corrected chi connectivity index (χ2v) is 10.5. The largest absolute Gasteiger partial charge is 0.488 e. The molecule has 3 N–H and O–H groups in total. The van der Waals surface area contributed by atoms with Gasteiger partial charge in [-0.2, -0.15) is 20.2 Å². The van der Waals surface area contributed by atoms with Crippen LogP contribution in [0.25, 0.3) is 0 Å². The summed E-state index contributed by atoms with van der Waals surface area (Å²) in [5.41, 5.74) is 5.76. The Hall–Kier alpha value is -3.75.